The molecule has 88 valence electrons. The lowest BCUT2D eigenvalue weighted by Crippen LogP contribution is -2.44. The van der Waals surface area contributed by atoms with Crippen molar-refractivity contribution in [2.45, 2.75) is 12.0 Å². The number of rotatable bonds is 3. The highest BCUT2D eigenvalue weighted by atomic mass is 35.5. The van der Waals surface area contributed by atoms with Gasteiger partial charge >= 0.3 is 0 Å². The lowest BCUT2D eigenvalue weighted by molar-refractivity contribution is 0.212. The predicted molar refractivity (Wildman–Crippen MR) is 67.0 cm³/mol. The standard InChI is InChI=1S/C12H17ClN2O/c1-15-7-6-12(8-15,9-16)14-11-4-2-10(13)3-5-11/h2-5,14,16H,6-9H2,1H3. The Morgan fingerprint density at radius 2 is 2.12 bits per heavy atom. The first kappa shape index (κ1) is 11.7. The third kappa shape index (κ3) is 2.48. The number of nitrogens with one attached hydrogen (secondary N) is 1. The van der Waals surface area contributed by atoms with Gasteiger partial charge in [0.05, 0.1) is 12.1 Å². The van der Waals surface area contributed by atoms with Crippen molar-refractivity contribution < 1.29 is 5.11 Å². The highest BCUT2D eigenvalue weighted by molar-refractivity contribution is 6.30. The molecule has 1 fully saturated rings. The molecule has 1 aliphatic rings. The van der Waals surface area contributed by atoms with Crippen molar-refractivity contribution >= 4 is 17.3 Å². The molecule has 16 heavy (non-hydrogen) atoms. The van der Waals surface area contributed by atoms with Crippen molar-refractivity contribution in [2.24, 2.45) is 0 Å². The van der Waals surface area contributed by atoms with E-state index in [1.807, 2.05) is 24.3 Å². The van der Waals surface area contributed by atoms with Crippen LogP contribution in [0, 0.1) is 0 Å². The SMILES string of the molecule is CN1CCC(CO)(Nc2ccc(Cl)cc2)C1. The maximum absolute atomic E-state index is 9.53. The summed E-state index contributed by atoms with van der Waals surface area (Å²) in [7, 11) is 2.07. The smallest absolute Gasteiger partial charge is 0.0742 e. The molecular formula is C12H17ClN2O. The van der Waals surface area contributed by atoms with E-state index in [9.17, 15) is 5.11 Å². The molecule has 1 aliphatic heterocycles. The van der Waals surface area contributed by atoms with Gasteiger partial charge in [-0.1, -0.05) is 11.6 Å². The maximum atomic E-state index is 9.53. The Kier molecular flexibility index (Phi) is 3.38. The van der Waals surface area contributed by atoms with Gasteiger partial charge in [-0.25, -0.2) is 0 Å². The molecule has 0 radical (unpaired) electrons. The van der Waals surface area contributed by atoms with Crippen LogP contribution in [0.4, 0.5) is 5.69 Å². The lowest BCUT2D eigenvalue weighted by atomic mass is 9.99. The third-order valence-corrected chi connectivity index (χ3v) is 3.35. The van der Waals surface area contributed by atoms with Crippen LogP contribution in [-0.2, 0) is 0 Å². The van der Waals surface area contributed by atoms with Crippen LogP contribution in [0.2, 0.25) is 5.02 Å². The van der Waals surface area contributed by atoms with Crippen LogP contribution in [0.1, 0.15) is 6.42 Å². The van der Waals surface area contributed by atoms with Crippen LogP contribution < -0.4 is 5.32 Å². The summed E-state index contributed by atoms with van der Waals surface area (Å²) in [6.45, 7) is 2.03. The minimum Gasteiger partial charge on any atom is -0.394 e. The molecule has 1 atom stereocenters. The molecule has 1 aromatic rings. The molecule has 1 aromatic carbocycles. The number of benzene rings is 1. The molecule has 4 heteroatoms. The van der Waals surface area contributed by atoms with Gasteiger partial charge in [-0.15, -0.1) is 0 Å². The van der Waals surface area contributed by atoms with Gasteiger partial charge in [0.25, 0.3) is 0 Å². The van der Waals surface area contributed by atoms with E-state index in [1.165, 1.54) is 0 Å². The molecule has 1 heterocycles. The van der Waals surface area contributed by atoms with E-state index in [4.69, 9.17) is 11.6 Å². The van der Waals surface area contributed by atoms with Crippen LogP contribution in [0.3, 0.4) is 0 Å². The molecule has 0 aromatic heterocycles. The van der Waals surface area contributed by atoms with Gasteiger partial charge < -0.3 is 15.3 Å². The van der Waals surface area contributed by atoms with E-state index in [0.29, 0.717) is 0 Å². The number of likely N-dealkylation sites (N-methyl/N-ethyl adjacent to an activating group) is 1. The summed E-state index contributed by atoms with van der Waals surface area (Å²) < 4.78 is 0. The van der Waals surface area contributed by atoms with Crippen LogP contribution in [0.5, 0.6) is 0 Å². The highest BCUT2D eigenvalue weighted by Crippen LogP contribution is 2.25. The van der Waals surface area contributed by atoms with Crippen molar-refractivity contribution in [1.29, 1.82) is 0 Å². The van der Waals surface area contributed by atoms with Crippen molar-refractivity contribution in [3.8, 4) is 0 Å². The first-order valence-electron chi connectivity index (χ1n) is 5.47. The van der Waals surface area contributed by atoms with Crippen LogP contribution in [-0.4, -0.2) is 42.3 Å². The first-order chi connectivity index (χ1) is 7.63. The second-order valence-corrected chi connectivity index (χ2v) is 4.99. The summed E-state index contributed by atoms with van der Waals surface area (Å²) in [6.07, 6.45) is 0.961. The molecule has 2 N–H and O–H groups in total. The number of hydrogen-bond acceptors (Lipinski definition) is 3. The zero-order valence-electron chi connectivity index (χ0n) is 9.41. The Bertz CT molecular complexity index is 355. The molecule has 0 amide bonds. The second kappa shape index (κ2) is 4.62. The van der Waals surface area contributed by atoms with E-state index in [1.54, 1.807) is 0 Å². The summed E-state index contributed by atoms with van der Waals surface area (Å²) in [5.41, 5.74) is 0.802. The quantitative estimate of drug-likeness (QED) is 0.846. The molecule has 0 saturated carbocycles. The average Bonchev–Trinajstić information content (AvgIpc) is 2.64. The number of anilines is 1. The minimum atomic E-state index is -0.206. The fourth-order valence-corrected chi connectivity index (χ4v) is 2.32. The predicted octanol–water partition coefficient (Wildman–Crippen LogP) is 1.82. The summed E-state index contributed by atoms with van der Waals surface area (Å²) >= 11 is 5.83. The number of aliphatic hydroxyl groups is 1. The van der Waals surface area contributed by atoms with Crippen molar-refractivity contribution in [1.82, 2.24) is 4.90 Å². The number of aliphatic hydroxyl groups excluding tert-OH is 1. The van der Waals surface area contributed by atoms with Crippen LogP contribution >= 0.6 is 11.6 Å². The average molecular weight is 241 g/mol. The van der Waals surface area contributed by atoms with Gasteiger partial charge in [-0.3, -0.25) is 0 Å². The molecule has 0 bridgehead atoms. The Morgan fingerprint density at radius 1 is 1.44 bits per heavy atom. The maximum Gasteiger partial charge on any atom is 0.0742 e. The molecule has 2 rings (SSSR count). The monoisotopic (exact) mass is 240 g/mol. The van der Waals surface area contributed by atoms with Crippen molar-refractivity contribution in [3.05, 3.63) is 29.3 Å². The second-order valence-electron chi connectivity index (χ2n) is 4.56. The summed E-state index contributed by atoms with van der Waals surface area (Å²) in [5, 5.41) is 13.7. The third-order valence-electron chi connectivity index (χ3n) is 3.10. The van der Waals surface area contributed by atoms with E-state index >= 15 is 0 Å². The summed E-state index contributed by atoms with van der Waals surface area (Å²) in [5.74, 6) is 0. The Labute approximate surface area is 101 Å². The molecule has 1 unspecified atom stereocenters. The van der Waals surface area contributed by atoms with Gasteiger partial charge in [0.1, 0.15) is 0 Å². The summed E-state index contributed by atoms with van der Waals surface area (Å²) in [4.78, 5) is 2.22. The van der Waals surface area contributed by atoms with E-state index in [2.05, 4.69) is 17.3 Å². The molecule has 0 aliphatic carbocycles. The first-order valence-corrected chi connectivity index (χ1v) is 5.84. The van der Waals surface area contributed by atoms with Gasteiger partial charge in [0, 0.05) is 23.8 Å². The fraction of sp³-hybridized carbons (Fsp3) is 0.500. The highest BCUT2D eigenvalue weighted by Gasteiger charge is 2.35. The van der Waals surface area contributed by atoms with Crippen molar-refractivity contribution in [2.75, 3.05) is 32.1 Å². The topological polar surface area (TPSA) is 35.5 Å². The van der Waals surface area contributed by atoms with Gasteiger partial charge in [0.15, 0.2) is 0 Å². The minimum absolute atomic E-state index is 0.153. The Hall–Kier alpha value is -0.770. The van der Waals surface area contributed by atoms with Crippen molar-refractivity contribution in [3.63, 3.8) is 0 Å². The van der Waals surface area contributed by atoms with Crippen LogP contribution in [0.25, 0.3) is 0 Å². The van der Waals surface area contributed by atoms with E-state index in [0.717, 1.165) is 30.2 Å². The number of hydrogen-bond donors (Lipinski definition) is 2. The fourth-order valence-electron chi connectivity index (χ4n) is 2.19. The Morgan fingerprint density at radius 3 is 2.62 bits per heavy atom. The van der Waals surface area contributed by atoms with Crippen LogP contribution in [0.15, 0.2) is 24.3 Å². The Balaban J connectivity index is 2.10. The zero-order chi connectivity index (χ0) is 11.6. The van der Waals surface area contributed by atoms with Gasteiger partial charge in [0.2, 0.25) is 0 Å². The normalized spacial score (nSPS) is 25.9. The molecule has 0 spiro atoms. The zero-order valence-corrected chi connectivity index (χ0v) is 10.2. The van der Waals surface area contributed by atoms with Gasteiger partial charge in [-0.2, -0.15) is 0 Å². The number of halogens is 1. The molecular weight excluding hydrogens is 224 g/mol. The van der Waals surface area contributed by atoms with E-state index in [-0.39, 0.29) is 12.1 Å². The van der Waals surface area contributed by atoms with Gasteiger partial charge in [-0.05, 0) is 37.7 Å². The molecule has 1 saturated heterocycles. The summed E-state index contributed by atoms with van der Waals surface area (Å²) in [6, 6.07) is 7.59. The molecule has 3 nitrogen and oxygen atoms in total. The van der Waals surface area contributed by atoms with E-state index < -0.39 is 0 Å². The lowest BCUT2D eigenvalue weighted by Gasteiger charge is -2.29. The number of likely N-dealkylation sites (tertiary alicyclic amines) is 1. The largest absolute Gasteiger partial charge is 0.394 e. The number of nitrogens with zero attached hydrogens (tertiary/aromatic N) is 1.